The number of halogens is 1. The van der Waals surface area contributed by atoms with Crippen LogP contribution in [0, 0.1) is 0 Å². The van der Waals surface area contributed by atoms with Gasteiger partial charge in [-0.1, -0.05) is 23.7 Å². The Kier molecular flexibility index (Phi) is 5.82. The SMILES string of the molecule is CCN(Cc1ccc(Cl)s1)C(=O)Cn1c(=O)n(CC)c(=O)c2ccccc21. The zero-order chi connectivity index (χ0) is 19.6. The van der Waals surface area contributed by atoms with E-state index in [9.17, 15) is 14.4 Å². The van der Waals surface area contributed by atoms with Crippen molar-refractivity contribution in [3.63, 3.8) is 0 Å². The van der Waals surface area contributed by atoms with Crippen LogP contribution in [0.2, 0.25) is 4.34 Å². The highest BCUT2D eigenvalue weighted by Crippen LogP contribution is 2.22. The minimum atomic E-state index is -0.468. The van der Waals surface area contributed by atoms with Crippen LogP contribution in [0.3, 0.4) is 0 Å². The fraction of sp³-hybridized carbons (Fsp3) is 0.316. The second-order valence-electron chi connectivity index (χ2n) is 6.05. The summed E-state index contributed by atoms with van der Waals surface area (Å²) in [4.78, 5) is 40.8. The molecule has 0 atom stereocenters. The van der Waals surface area contributed by atoms with Crippen molar-refractivity contribution in [1.29, 1.82) is 0 Å². The van der Waals surface area contributed by atoms with Crippen LogP contribution in [0.15, 0.2) is 46.0 Å². The maximum Gasteiger partial charge on any atom is 0.331 e. The number of benzene rings is 1. The highest BCUT2D eigenvalue weighted by molar-refractivity contribution is 7.16. The first kappa shape index (κ1) is 19.4. The molecule has 3 aromatic rings. The molecule has 8 heteroatoms. The van der Waals surface area contributed by atoms with E-state index in [1.807, 2.05) is 13.0 Å². The number of rotatable bonds is 6. The Morgan fingerprint density at radius 1 is 1.11 bits per heavy atom. The van der Waals surface area contributed by atoms with Gasteiger partial charge in [-0.15, -0.1) is 11.3 Å². The van der Waals surface area contributed by atoms with Crippen LogP contribution in [-0.2, 0) is 24.4 Å². The first-order valence-corrected chi connectivity index (χ1v) is 9.90. The summed E-state index contributed by atoms with van der Waals surface area (Å²) in [5, 5.41) is 0.430. The molecule has 3 rings (SSSR count). The first-order chi connectivity index (χ1) is 13.0. The molecule has 2 aromatic heterocycles. The van der Waals surface area contributed by atoms with Crippen LogP contribution < -0.4 is 11.2 Å². The lowest BCUT2D eigenvalue weighted by Crippen LogP contribution is -2.43. The average Bonchev–Trinajstić information content (AvgIpc) is 3.08. The second kappa shape index (κ2) is 8.10. The summed E-state index contributed by atoms with van der Waals surface area (Å²) in [6, 6.07) is 10.6. The maximum absolute atomic E-state index is 12.9. The highest BCUT2D eigenvalue weighted by atomic mass is 35.5. The third kappa shape index (κ3) is 3.84. The lowest BCUT2D eigenvalue weighted by molar-refractivity contribution is -0.132. The van der Waals surface area contributed by atoms with Crippen molar-refractivity contribution in [2.24, 2.45) is 0 Å². The van der Waals surface area contributed by atoms with Gasteiger partial charge in [-0.2, -0.15) is 0 Å². The van der Waals surface area contributed by atoms with Gasteiger partial charge in [-0.25, -0.2) is 4.79 Å². The first-order valence-electron chi connectivity index (χ1n) is 8.70. The number of carbonyl (C=O) groups is 1. The van der Waals surface area contributed by atoms with Gasteiger partial charge in [0.2, 0.25) is 5.91 Å². The van der Waals surface area contributed by atoms with Crippen molar-refractivity contribution in [2.45, 2.75) is 33.5 Å². The molecule has 27 heavy (non-hydrogen) atoms. The fourth-order valence-corrected chi connectivity index (χ4v) is 4.14. The standard InChI is InChI=1S/C19H20ClN3O3S/c1-3-21(11-13-9-10-16(20)27-13)17(24)12-23-15-8-6-5-7-14(15)18(25)22(4-2)19(23)26/h5-10H,3-4,11-12H2,1-2H3. The van der Waals surface area contributed by atoms with E-state index in [4.69, 9.17) is 11.6 Å². The van der Waals surface area contributed by atoms with Gasteiger partial charge in [-0.3, -0.25) is 18.7 Å². The molecule has 0 bridgehead atoms. The Labute approximate surface area is 165 Å². The van der Waals surface area contributed by atoms with Gasteiger partial charge in [-0.05, 0) is 38.1 Å². The van der Waals surface area contributed by atoms with Crippen LogP contribution in [0.25, 0.3) is 10.9 Å². The van der Waals surface area contributed by atoms with Crippen LogP contribution in [0.4, 0.5) is 0 Å². The average molecular weight is 406 g/mol. The van der Waals surface area contributed by atoms with Crippen molar-refractivity contribution in [2.75, 3.05) is 6.54 Å². The molecule has 142 valence electrons. The lowest BCUT2D eigenvalue weighted by Gasteiger charge is -2.21. The highest BCUT2D eigenvalue weighted by Gasteiger charge is 2.18. The molecule has 2 heterocycles. The number of amides is 1. The molecule has 0 fully saturated rings. The summed E-state index contributed by atoms with van der Waals surface area (Å²) in [7, 11) is 0. The van der Waals surface area contributed by atoms with Gasteiger partial charge in [0.1, 0.15) is 6.54 Å². The molecule has 0 saturated heterocycles. The Morgan fingerprint density at radius 3 is 2.48 bits per heavy atom. The van der Waals surface area contributed by atoms with Crippen molar-refractivity contribution in [3.05, 3.63) is 66.4 Å². The largest absolute Gasteiger partial charge is 0.336 e. The van der Waals surface area contributed by atoms with E-state index >= 15 is 0 Å². The molecule has 1 aromatic carbocycles. The summed E-state index contributed by atoms with van der Waals surface area (Å²) in [5.41, 5.74) is -0.326. The number of para-hydroxylation sites is 1. The number of nitrogens with zero attached hydrogens (tertiary/aromatic N) is 3. The van der Waals surface area contributed by atoms with Gasteiger partial charge in [0, 0.05) is 18.0 Å². The third-order valence-electron chi connectivity index (χ3n) is 4.45. The van der Waals surface area contributed by atoms with Gasteiger partial charge < -0.3 is 4.90 Å². The van der Waals surface area contributed by atoms with E-state index in [1.54, 1.807) is 42.2 Å². The number of thiophene rings is 1. The Balaban J connectivity index is 1.98. The number of likely N-dealkylation sites (N-methyl/N-ethyl adjacent to an activating group) is 1. The van der Waals surface area contributed by atoms with E-state index in [1.165, 1.54) is 15.9 Å². The number of hydrogen-bond donors (Lipinski definition) is 0. The molecule has 6 nitrogen and oxygen atoms in total. The lowest BCUT2D eigenvalue weighted by atomic mass is 10.2. The number of aromatic nitrogens is 2. The van der Waals surface area contributed by atoms with Crippen LogP contribution in [0.1, 0.15) is 18.7 Å². The minimum absolute atomic E-state index is 0.118. The van der Waals surface area contributed by atoms with Crippen LogP contribution in [-0.4, -0.2) is 26.5 Å². The topological polar surface area (TPSA) is 64.3 Å². The maximum atomic E-state index is 12.9. The molecular formula is C19H20ClN3O3S. The molecule has 0 unspecified atom stereocenters. The van der Waals surface area contributed by atoms with Crippen LogP contribution in [0.5, 0.6) is 0 Å². The van der Waals surface area contributed by atoms with Crippen molar-refractivity contribution in [3.8, 4) is 0 Å². The second-order valence-corrected chi connectivity index (χ2v) is 7.85. The Hall–Kier alpha value is -2.38. The molecule has 0 aliphatic heterocycles. The monoisotopic (exact) mass is 405 g/mol. The van der Waals surface area contributed by atoms with E-state index in [0.29, 0.717) is 28.3 Å². The van der Waals surface area contributed by atoms with Gasteiger partial charge in [0.15, 0.2) is 0 Å². The zero-order valence-corrected chi connectivity index (χ0v) is 16.7. The zero-order valence-electron chi connectivity index (χ0n) is 15.1. The summed E-state index contributed by atoms with van der Waals surface area (Å²) >= 11 is 7.39. The van der Waals surface area contributed by atoms with E-state index in [0.717, 1.165) is 9.44 Å². The van der Waals surface area contributed by atoms with E-state index in [2.05, 4.69) is 0 Å². The summed E-state index contributed by atoms with van der Waals surface area (Å²) in [5.74, 6) is -0.185. The third-order valence-corrected chi connectivity index (χ3v) is 5.67. The van der Waals surface area contributed by atoms with E-state index in [-0.39, 0.29) is 24.6 Å². The predicted molar refractivity (Wildman–Crippen MR) is 109 cm³/mol. The molecular weight excluding hydrogens is 386 g/mol. The smallest absolute Gasteiger partial charge is 0.331 e. The Morgan fingerprint density at radius 2 is 1.85 bits per heavy atom. The molecule has 0 aliphatic rings. The Bertz CT molecular complexity index is 1100. The summed E-state index contributed by atoms with van der Waals surface area (Å²) in [6.45, 7) is 4.71. The van der Waals surface area contributed by atoms with Gasteiger partial charge >= 0.3 is 5.69 Å². The molecule has 0 radical (unpaired) electrons. The van der Waals surface area contributed by atoms with Crippen LogP contribution >= 0.6 is 22.9 Å². The van der Waals surface area contributed by atoms with Gasteiger partial charge in [0.25, 0.3) is 5.56 Å². The molecule has 0 N–H and O–H groups in total. The number of carbonyl (C=O) groups excluding carboxylic acids is 1. The van der Waals surface area contributed by atoms with Crippen molar-refractivity contribution in [1.82, 2.24) is 14.0 Å². The number of fused-ring (bicyclic) bond motifs is 1. The van der Waals surface area contributed by atoms with Crippen molar-refractivity contribution >= 4 is 39.7 Å². The summed E-state index contributed by atoms with van der Waals surface area (Å²) < 4.78 is 3.21. The normalized spacial score (nSPS) is 11.1. The molecule has 1 amide bonds. The van der Waals surface area contributed by atoms with E-state index < -0.39 is 5.69 Å². The molecule has 0 spiro atoms. The summed E-state index contributed by atoms with van der Waals surface area (Å²) in [6.07, 6.45) is 0. The quantitative estimate of drug-likeness (QED) is 0.633. The van der Waals surface area contributed by atoms with Crippen molar-refractivity contribution < 1.29 is 4.79 Å². The fourth-order valence-electron chi connectivity index (χ4n) is 3.04. The predicted octanol–water partition coefficient (Wildman–Crippen LogP) is 2.95. The van der Waals surface area contributed by atoms with Gasteiger partial charge in [0.05, 0.1) is 21.8 Å². The number of hydrogen-bond acceptors (Lipinski definition) is 4. The minimum Gasteiger partial charge on any atom is -0.336 e. The molecule has 0 aliphatic carbocycles. The molecule has 0 saturated carbocycles.